The van der Waals surface area contributed by atoms with Gasteiger partial charge in [0.15, 0.2) is 5.11 Å². The van der Waals surface area contributed by atoms with Crippen LogP contribution in [0.2, 0.25) is 0 Å². The zero-order valence-corrected chi connectivity index (χ0v) is 8.49. The first-order chi connectivity index (χ1) is 5.68. The van der Waals surface area contributed by atoms with Crippen LogP contribution < -0.4 is 11.1 Å². The summed E-state index contributed by atoms with van der Waals surface area (Å²) < 4.78 is 0. The maximum atomic E-state index is 5.43. The van der Waals surface area contributed by atoms with Gasteiger partial charge in [-0.05, 0) is 37.4 Å². The molecule has 1 aliphatic rings. The largest absolute Gasteiger partial charge is 0.376 e. The Balaban J connectivity index is 2.30. The summed E-state index contributed by atoms with van der Waals surface area (Å²) in [6, 6.07) is 0.535. The predicted octanol–water partition coefficient (Wildman–Crippen LogP) is 1.79. The molecule has 2 unspecified atom stereocenters. The second kappa shape index (κ2) is 4.65. The zero-order valence-electron chi connectivity index (χ0n) is 7.68. The fourth-order valence-corrected chi connectivity index (χ4v) is 2.00. The van der Waals surface area contributed by atoms with Crippen LogP contribution in [0.15, 0.2) is 0 Å². The van der Waals surface area contributed by atoms with Gasteiger partial charge < -0.3 is 11.1 Å². The molecule has 0 saturated heterocycles. The average Bonchev–Trinajstić information content (AvgIpc) is 2.15. The molecular formula is C9H18N2S. The molecule has 1 fully saturated rings. The number of nitrogens with two attached hydrogens (primary N) is 1. The molecule has 0 bridgehead atoms. The third-order valence-corrected chi connectivity index (χ3v) is 2.72. The van der Waals surface area contributed by atoms with Crippen molar-refractivity contribution < 1.29 is 0 Å². The Kier molecular flexibility index (Phi) is 3.79. The minimum atomic E-state index is 0.453. The molecule has 1 rings (SSSR count). The van der Waals surface area contributed by atoms with E-state index in [1.54, 1.807) is 0 Å². The van der Waals surface area contributed by atoms with Gasteiger partial charge in [0.05, 0.1) is 0 Å². The molecular weight excluding hydrogens is 168 g/mol. The smallest absolute Gasteiger partial charge is 0.163 e. The topological polar surface area (TPSA) is 38.0 Å². The van der Waals surface area contributed by atoms with Gasteiger partial charge in [0, 0.05) is 6.04 Å². The van der Waals surface area contributed by atoms with E-state index in [0.29, 0.717) is 11.2 Å². The Bertz CT molecular complexity index is 159. The van der Waals surface area contributed by atoms with Crippen LogP contribution in [0, 0.1) is 5.92 Å². The number of thiocarbonyl (C=S) groups is 1. The van der Waals surface area contributed by atoms with E-state index in [4.69, 9.17) is 18.0 Å². The maximum Gasteiger partial charge on any atom is 0.163 e. The Morgan fingerprint density at radius 2 is 2.08 bits per heavy atom. The van der Waals surface area contributed by atoms with Gasteiger partial charge >= 0.3 is 0 Å². The molecule has 70 valence electrons. The summed E-state index contributed by atoms with van der Waals surface area (Å²) in [6.07, 6.45) is 6.41. The van der Waals surface area contributed by atoms with Gasteiger partial charge in [0.1, 0.15) is 0 Å². The molecule has 1 aliphatic carbocycles. The SMILES string of the molecule is CC1CCCC(NC(N)=S)CC1. The minimum Gasteiger partial charge on any atom is -0.376 e. The first-order valence-electron chi connectivity index (χ1n) is 4.74. The summed E-state index contributed by atoms with van der Waals surface area (Å²) in [5, 5.41) is 3.60. The number of hydrogen-bond acceptors (Lipinski definition) is 1. The molecule has 0 radical (unpaired) electrons. The van der Waals surface area contributed by atoms with Gasteiger partial charge in [0.2, 0.25) is 0 Å². The van der Waals surface area contributed by atoms with Crippen LogP contribution >= 0.6 is 12.2 Å². The van der Waals surface area contributed by atoms with E-state index in [2.05, 4.69) is 12.2 Å². The van der Waals surface area contributed by atoms with Crippen molar-refractivity contribution in [1.29, 1.82) is 0 Å². The van der Waals surface area contributed by atoms with Crippen molar-refractivity contribution in [2.45, 2.75) is 45.1 Å². The molecule has 0 spiro atoms. The Hall–Kier alpha value is -0.310. The van der Waals surface area contributed by atoms with Crippen LogP contribution in [0.5, 0.6) is 0 Å². The van der Waals surface area contributed by atoms with Gasteiger partial charge in [-0.3, -0.25) is 0 Å². The van der Waals surface area contributed by atoms with Crippen molar-refractivity contribution >= 4 is 17.3 Å². The van der Waals surface area contributed by atoms with E-state index in [0.717, 1.165) is 5.92 Å². The van der Waals surface area contributed by atoms with E-state index in [-0.39, 0.29) is 0 Å². The van der Waals surface area contributed by atoms with Crippen molar-refractivity contribution in [1.82, 2.24) is 5.32 Å². The summed E-state index contributed by atoms with van der Waals surface area (Å²) in [5.74, 6) is 0.878. The van der Waals surface area contributed by atoms with Crippen LogP contribution in [0.4, 0.5) is 0 Å². The normalized spacial score (nSPS) is 30.8. The Labute approximate surface area is 79.9 Å². The molecule has 2 atom stereocenters. The quantitative estimate of drug-likeness (QED) is 0.484. The van der Waals surface area contributed by atoms with E-state index < -0.39 is 0 Å². The summed E-state index contributed by atoms with van der Waals surface area (Å²) in [4.78, 5) is 0. The molecule has 0 aliphatic heterocycles. The summed E-state index contributed by atoms with van der Waals surface area (Å²) >= 11 is 4.82. The molecule has 0 aromatic rings. The van der Waals surface area contributed by atoms with Crippen LogP contribution in [0.3, 0.4) is 0 Å². The van der Waals surface area contributed by atoms with Gasteiger partial charge in [-0.2, -0.15) is 0 Å². The van der Waals surface area contributed by atoms with Crippen LogP contribution in [-0.2, 0) is 0 Å². The zero-order chi connectivity index (χ0) is 8.97. The van der Waals surface area contributed by atoms with Crippen molar-refractivity contribution in [3.63, 3.8) is 0 Å². The minimum absolute atomic E-state index is 0.453. The lowest BCUT2D eigenvalue weighted by Crippen LogP contribution is -2.38. The molecule has 2 nitrogen and oxygen atoms in total. The van der Waals surface area contributed by atoms with Crippen LogP contribution in [-0.4, -0.2) is 11.2 Å². The van der Waals surface area contributed by atoms with Crippen molar-refractivity contribution in [3.05, 3.63) is 0 Å². The van der Waals surface area contributed by atoms with Gasteiger partial charge in [-0.15, -0.1) is 0 Å². The molecule has 0 heterocycles. The van der Waals surface area contributed by atoms with Gasteiger partial charge in [0.25, 0.3) is 0 Å². The van der Waals surface area contributed by atoms with E-state index in [1.807, 2.05) is 0 Å². The fourth-order valence-electron chi connectivity index (χ4n) is 1.83. The molecule has 1 saturated carbocycles. The average molecular weight is 186 g/mol. The highest BCUT2D eigenvalue weighted by Gasteiger charge is 2.15. The van der Waals surface area contributed by atoms with E-state index in [9.17, 15) is 0 Å². The third kappa shape index (κ3) is 3.39. The molecule has 3 N–H and O–H groups in total. The summed E-state index contributed by atoms with van der Waals surface area (Å²) in [5.41, 5.74) is 5.43. The Morgan fingerprint density at radius 1 is 1.33 bits per heavy atom. The number of rotatable bonds is 1. The molecule has 0 aromatic heterocycles. The maximum absolute atomic E-state index is 5.43. The number of hydrogen-bond donors (Lipinski definition) is 2. The first-order valence-corrected chi connectivity index (χ1v) is 5.15. The van der Waals surface area contributed by atoms with Crippen molar-refractivity contribution in [2.75, 3.05) is 0 Å². The highest BCUT2D eigenvalue weighted by molar-refractivity contribution is 7.80. The van der Waals surface area contributed by atoms with Gasteiger partial charge in [-0.1, -0.05) is 19.8 Å². The lowest BCUT2D eigenvalue weighted by atomic mass is 10.0. The second-order valence-electron chi connectivity index (χ2n) is 3.82. The van der Waals surface area contributed by atoms with E-state index >= 15 is 0 Å². The summed E-state index contributed by atoms with van der Waals surface area (Å²) in [7, 11) is 0. The Morgan fingerprint density at radius 3 is 2.75 bits per heavy atom. The monoisotopic (exact) mass is 186 g/mol. The lowest BCUT2D eigenvalue weighted by Gasteiger charge is -2.15. The molecule has 3 heteroatoms. The predicted molar refractivity (Wildman–Crippen MR) is 56.0 cm³/mol. The van der Waals surface area contributed by atoms with Gasteiger partial charge in [-0.25, -0.2) is 0 Å². The van der Waals surface area contributed by atoms with Crippen molar-refractivity contribution in [3.8, 4) is 0 Å². The van der Waals surface area contributed by atoms with Crippen molar-refractivity contribution in [2.24, 2.45) is 11.7 Å². The highest BCUT2D eigenvalue weighted by Crippen LogP contribution is 2.22. The molecule has 12 heavy (non-hydrogen) atoms. The fraction of sp³-hybridized carbons (Fsp3) is 0.889. The highest BCUT2D eigenvalue weighted by atomic mass is 32.1. The number of nitrogens with one attached hydrogen (secondary N) is 1. The van der Waals surface area contributed by atoms with E-state index in [1.165, 1.54) is 32.1 Å². The summed E-state index contributed by atoms with van der Waals surface area (Å²) in [6.45, 7) is 2.32. The molecule has 0 amide bonds. The first kappa shape index (κ1) is 9.78. The van der Waals surface area contributed by atoms with Crippen LogP contribution in [0.25, 0.3) is 0 Å². The third-order valence-electron chi connectivity index (χ3n) is 2.60. The standard InChI is InChI=1S/C9H18N2S/c1-7-3-2-4-8(6-5-7)11-9(10)12/h7-8H,2-6H2,1H3,(H3,10,11,12). The lowest BCUT2D eigenvalue weighted by molar-refractivity contribution is 0.490. The van der Waals surface area contributed by atoms with Crippen LogP contribution in [0.1, 0.15) is 39.0 Å². The molecule has 0 aromatic carbocycles. The second-order valence-corrected chi connectivity index (χ2v) is 4.26.